The highest BCUT2D eigenvalue weighted by molar-refractivity contribution is 7.45. The van der Waals surface area contributed by atoms with Crippen molar-refractivity contribution in [1.82, 2.24) is 5.32 Å². The van der Waals surface area contributed by atoms with Gasteiger partial charge in [-0.3, -0.25) is 9.36 Å². The summed E-state index contributed by atoms with van der Waals surface area (Å²) < 4.78 is 23.2. The van der Waals surface area contributed by atoms with Gasteiger partial charge in [0.2, 0.25) is 5.91 Å². The van der Waals surface area contributed by atoms with Crippen molar-refractivity contribution in [2.24, 2.45) is 0 Å². The van der Waals surface area contributed by atoms with Crippen LogP contribution in [0.4, 0.5) is 0 Å². The maximum Gasteiger partial charge on any atom is 0.268 e. The van der Waals surface area contributed by atoms with Crippen LogP contribution in [-0.4, -0.2) is 79.8 Å². The smallest absolute Gasteiger partial charge is 0.268 e. The highest BCUT2D eigenvalue weighted by Crippen LogP contribution is 2.38. The van der Waals surface area contributed by atoms with Gasteiger partial charge in [0.15, 0.2) is 0 Å². The topological polar surface area (TPSA) is 128 Å². The molecule has 0 radical (unpaired) electrons. The number of hydrogen-bond acceptors (Lipinski definition) is 7. The van der Waals surface area contributed by atoms with Crippen LogP contribution in [0.25, 0.3) is 0 Å². The first-order chi connectivity index (χ1) is 34.4. The number of allylic oxidation sites excluding steroid dienone is 14. The van der Waals surface area contributed by atoms with E-state index in [1.165, 1.54) is 122 Å². The maximum absolute atomic E-state index is 13.0. The van der Waals surface area contributed by atoms with Gasteiger partial charge in [0.1, 0.15) is 19.3 Å². The Morgan fingerprint density at radius 2 is 0.901 bits per heavy atom. The van der Waals surface area contributed by atoms with E-state index in [0.717, 1.165) is 77.0 Å². The summed E-state index contributed by atoms with van der Waals surface area (Å²) >= 11 is 0. The van der Waals surface area contributed by atoms with Crippen molar-refractivity contribution in [3.8, 4) is 0 Å². The second-order valence-corrected chi connectivity index (χ2v) is 22.1. The summed E-state index contributed by atoms with van der Waals surface area (Å²) in [5, 5.41) is 24.7. The number of phosphoric ester groups is 1. The molecule has 1 amide bonds. The van der Waals surface area contributed by atoms with Gasteiger partial charge in [0, 0.05) is 6.42 Å². The van der Waals surface area contributed by atoms with Gasteiger partial charge >= 0.3 is 0 Å². The summed E-state index contributed by atoms with van der Waals surface area (Å²) in [5.74, 6) is -0.293. The SMILES string of the molecule is CC/C=C\C/C=C\C/C=C\C/C=C\C/C=C\CCCCCCCCCCCCCCCCCCCCCC(=O)NC(COP(=O)([O-])OCC[N+](C)(C)C)C(O)C(O)CCC/C=C/CC/C=C/CCCCC. The third kappa shape index (κ3) is 52.3. The first-order valence-electron chi connectivity index (χ1n) is 29.0. The molecule has 412 valence electrons. The number of carbonyl (C=O) groups is 1. The lowest BCUT2D eigenvalue weighted by molar-refractivity contribution is -0.870. The van der Waals surface area contributed by atoms with E-state index in [1.807, 2.05) is 21.1 Å². The van der Waals surface area contributed by atoms with E-state index in [2.05, 4.69) is 104 Å². The number of aliphatic hydroxyl groups excluding tert-OH is 2. The van der Waals surface area contributed by atoms with Crippen molar-refractivity contribution < 1.29 is 38.0 Å². The Morgan fingerprint density at radius 3 is 1.35 bits per heavy atom. The molecule has 0 aliphatic carbocycles. The largest absolute Gasteiger partial charge is 0.756 e. The van der Waals surface area contributed by atoms with E-state index in [1.54, 1.807) is 0 Å². The molecule has 0 aliphatic heterocycles. The zero-order valence-electron chi connectivity index (χ0n) is 46.5. The highest BCUT2D eigenvalue weighted by Gasteiger charge is 2.29. The minimum atomic E-state index is -4.68. The van der Waals surface area contributed by atoms with Gasteiger partial charge in [-0.05, 0) is 96.3 Å². The van der Waals surface area contributed by atoms with E-state index in [-0.39, 0.29) is 18.9 Å². The number of phosphoric acid groups is 1. The van der Waals surface area contributed by atoms with Crippen LogP contribution >= 0.6 is 7.82 Å². The van der Waals surface area contributed by atoms with Crippen molar-refractivity contribution >= 4 is 13.7 Å². The lowest BCUT2D eigenvalue weighted by atomic mass is 10.0. The predicted octanol–water partition coefficient (Wildman–Crippen LogP) is 16.0. The third-order valence-electron chi connectivity index (χ3n) is 12.7. The highest BCUT2D eigenvalue weighted by atomic mass is 31.2. The van der Waals surface area contributed by atoms with Crippen molar-refractivity contribution in [1.29, 1.82) is 0 Å². The van der Waals surface area contributed by atoms with Crippen LogP contribution in [0.15, 0.2) is 85.1 Å². The third-order valence-corrected chi connectivity index (χ3v) is 13.7. The fourth-order valence-corrected chi connectivity index (χ4v) is 8.84. The molecule has 0 fully saturated rings. The van der Waals surface area contributed by atoms with E-state index < -0.39 is 32.7 Å². The quantitative estimate of drug-likeness (QED) is 0.0240. The fourth-order valence-electron chi connectivity index (χ4n) is 8.12. The van der Waals surface area contributed by atoms with E-state index in [9.17, 15) is 24.5 Å². The molecule has 71 heavy (non-hydrogen) atoms. The molecule has 0 saturated carbocycles. The number of nitrogens with one attached hydrogen (secondary N) is 1. The normalized spacial score (nSPS) is 15.0. The molecule has 0 aromatic rings. The second kappa shape index (κ2) is 51.1. The van der Waals surface area contributed by atoms with Gasteiger partial charge in [-0.1, -0.05) is 221 Å². The van der Waals surface area contributed by atoms with Crippen LogP contribution in [-0.2, 0) is 18.4 Å². The standard InChI is InChI=1S/C61H111N2O7P/c1-6-8-10-12-14-16-18-20-21-22-23-24-25-26-27-28-29-30-31-32-33-34-35-36-37-38-39-40-41-42-44-46-48-50-52-54-60(65)62-58(57-70-71(67,68)69-56-55-63(3,4)5)61(66)59(64)53-51-49-47-45-43-19-17-15-13-11-9-7-2/h8,10,14-17,20-21,23-24,26-27,45,47,58-59,61,64,66H,6-7,9,11-13,18-19,22,25,28-44,46,48-57H2,1-5H3,(H-,62,65,67,68)/b10-8-,16-14-,17-15+,21-20-,24-23-,27-26-,47-45+. The van der Waals surface area contributed by atoms with Gasteiger partial charge in [-0.25, -0.2) is 0 Å². The summed E-state index contributed by atoms with van der Waals surface area (Å²) in [4.78, 5) is 25.5. The zero-order chi connectivity index (χ0) is 52.2. The Bertz CT molecular complexity index is 1450. The number of likely N-dealkylation sites (N-methyl/N-ethyl adjacent to an activating group) is 1. The summed E-state index contributed by atoms with van der Waals surface area (Å²) in [6.07, 6.45) is 68.1. The van der Waals surface area contributed by atoms with Gasteiger partial charge in [0.25, 0.3) is 7.82 Å². The molecule has 0 aliphatic rings. The zero-order valence-corrected chi connectivity index (χ0v) is 47.4. The molecule has 0 bridgehead atoms. The number of rotatable bonds is 52. The number of carbonyl (C=O) groups excluding carboxylic acids is 1. The predicted molar refractivity (Wildman–Crippen MR) is 303 cm³/mol. The van der Waals surface area contributed by atoms with E-state index in [0.29, 0.717) is 30.3 Å². The molecule has 0 heterocycles. The minimum absolute atomic E-state index is 0.0505. The Morgan fingerprint density at radius 1 is 0.521 bits per heavy atom. The molecule has 0 rings (SSSR count). The van der Waals surface area contributed by atoms with Crippen LogP contribution in [0.5, 0.6) is 0 Å². The number of hydrogen-bond donors (Lipinski definition) is 3. The molecular formula is C61H111N2O7P. The van der Waals surface area contributed by atoms with Gasteiger partial charge < -0.3 is 34.0 Å². The molecule has 0 saturated heterocycles. The first-order valence-corrected chi connectivity index (χ1v) is 30.5. The summed E-state index contributed by atoms with van der Waals surface area (Å²) in [5.41, 5.74) is 0. The fraction of sp³-hybridized carbons (Fsp3) is 0.754. The Hall–Kier alpha value is -2.36. The van der Waals surface area contributed by atoms with E-state index in [4.69, 9.17) is 9.05 Å². The molecular weight excluding hydrogens is 904 g/mol. The molecule has 0 aromatic heterocycles. The summed E-state index contributed by atoms with van der Waals surface area (Å²) in [6.45, 7) is 4.27. The van der Waals surface area contributed by atoms with Gasteiger partial charge in [-0.15, -0.1) is 0 Å². The van der Waals surface area contributed by atoms with Crippen molar-refractivity contribution in [2.75, 3.05) is 40.9 Å². The molecule has 0 spiro atoms. The van der Waals surface area contributed by atoms with Crippen LogP contribution in [0.3, 0.4) is 0 Å². The van der Waals surface area contributed by atoms with Gasteiger partial charge in [0.05, 0.1) is 39.9 Å². The average molecular weight is 1020 g/mol. The number of amides is 1. The number of unbranched alkanes of at least 4 members (excludes halogenated alkanes) is 24. The molecule has 9 nitrogen and oxygen atoms in total. The molecule has 3 N–H and O–H groups in total. The van der Waals surface area contributed by atoms with Crippen LogP contribution < -0.4 is 10.2 Å². The van der Waals surface area contributed by atoms with Gasteiger partial charge in [-0.2, -0.15) is 0 Å². The molecule has 4 atom stereocenters. The Labute approximate surface area is 438 Å². The van der Waals surface area contributed by atoms with Crippen molar-refractivity contribution in [3.63, 3.8) is 0 Å². The lowest BCUT2D eigenvalue weighted by Crippen LogP contribution is -2.51. The maximum atomic E-state index is 13.0. The molecule has 10 heteroatoms. The van der Waals surface area contributed by atoms with Crippen LogP contribution in [0.1, 0.15) is 239 Å². The average Bonchev–Trinajstić information content (AvgIpc) is 3.33. The first kappa shape index (κ1) is 68.6. The lowest BCUT2D eigenvalue weighted by Gasteiger charge is -2.31. The Kier molecular flexibility index (Phi) is 49.4. The van der Waals surface area contributed by atoms with Crippen molar-refractivity contribution in [2.45, 2.75) is 257 Å². The molecule has 0 aromatic carbocycles. The molecule has 4 unspecified atom stereocenters. The number of quaternary nitrogens is 1. The van der Waals surface area contributed by atoms with Crippen molar-refractivity contribution in [3.05, 3.63) is 85.1 Å². The number of aliphatic hydroxyl groups is 2. The second-order valence-electron chi connectivity index (χ2n) is 20.7. The number of nitrogens with zero attached hydrogens (tertiary/aromatic N) is 1. The van der Waals surface area contributed by atoms with E-state index >= 15 is 0 Å². The summed E-state index contributed by atoms with van der Waals surface area (Å²) in [6, 6.07) is -1.10. The Balaban J connectivity index is 4.08. The van der Waals surface area contributed by atoms with Crippen LogP contribution in [0.2, 0.25) is 0 Å². The minimum Gasteiger partial charge on any atom is -0.756 e. The summed E-state index contributed by atoms with van der Waals surface area (Å²) in [7, 11) is 1.10. The van der Waals surface area contributed by atoms with Crippen LogP contribution in [0, 0.1) is 0 Å². The monoisotopic (exact) mass is 1010 g/mol.